The fraction of sp³-hybridized carbons (Fsp3) is 0.476. The first kappa shape index (κ1) is 17.9. The molecule has 1 aliphatic carbocycles. The number of hydrogen-bond donors (Lipinski definition) is 1. The van der Waals surface area contributed by atoms with Gasteiger partial charge in [0.2, 0.25) is 0 Å². The zero-order valence-electron chi connectivity index (χ0n) is 15.6. The Morgan fingerprint density at radius 1 is 1.22 bits per heavy atom. The van der Waals surface area contributed by atoms with Gasteiger partial charge >= 0.3 is 5.97 Å². The van der Waals surface area contributed by atoms with Crippen molar-refractivity contribution in [3.63, 3.8) is 0 Å². The van der Waals surface area contributed by atoms with Gasteiger partial charge in [0, 0.05) is 18.5 Å². The Labute approximate surface area is 158 Å². The summed E-state index contributed by atoms with van der Waals surface area (Å²) in [5.41, 5.74) is 1.90. The number of aromatic nitrogens is 3. The summed E-state index contributed by atoms with van der Waals surface area (Å²) < 4.78 is 7.71. The summed E-state index contributed by atoms with van der Waals surface area (Å²) in [6.07, 6.45) is 6.22. The van der Waals surface area contributed by atoms with Crippen LogP contribution in [0.1, 0.15) is 44.9 Å². The molecule has 0 saturated heterocycles. The Kier molecular flexibility index (Phi) is 4.83. The van der Waals surface area contributed by atoms with Crippen LogP contribution in [0, 0.1) is 5.41 Å². The number of benzene rings is 1. The summed E-state index contributed by atoms with van der Waals surface area (Å²) in [6, 6.07) is 7.95. The van der Waals surface area contributed by atoms with E-state index in [-0.39, 0.29) is 0 Å². The molecule has 1 N–H and O–H groups in total. The molecule has 2 aromatic heterocycles. The number of rotatable bonds is 6. The zero-order chi connectivity index (χ0) is 18.9. The number of aliphatic carboxylic acids is 1. The molecule has 6 heteroatoms. The first-order valence-corrected chi connectivity index (χ1v) is 9.68. The van der Waals surface area contributed by atoms with Gasteiger partial charge in [-0.3, -0.25) is 9.78 Å². The number of pyridine rings is 1. The lowest BCUT2D eigenvalue weighted by atomic mass is 9.74. The lowest BCUT2D eigenvalue weighted by molar-refractivity contribution is -0.152. The molecule has 0 amide bonds. The normalized spacial score (nSPS) is 16.8. The van der Waals surface area contributed by atoms with E-state index in [0.717, 1.165) is 47.0 Å². The summed E-state index contributed by atoms with van der Waals surface area (Å²) in [7, 11) is 0. The van der Waals surface area contributed by atoms with Gasteiger partial charge < -0.3 is 14.4 Å². The van der Waals surface area contributed by atoms with Gasteiger partial charge in [0.15, 0.2) is 0 Å². The third-order valence-electron chi connectivity index (χ3n) is 5.72. The van der Waals surface area contributed by atoms with Gasteiger partial charge in [-0.1, -0.05) is 37.5 Å². The molecule has 0 unspecified atom stereocenters. The van der Waals surface area contributed by atoms with E-state index in [2.05, 4.69) is 9.55 Å². The molecule has 0 atom stereocenters. The van der Waals surface area contributed by atoms with Gasteiger partial charge in [-0.25, -0.2) is 4.98 Å². The molecule has 2 heterocycles. The molecule has 6 nitrogen and oxygen atoms in total. The molecule has 0 aliphatic heterocycles. The lowest BCUT2D eigenvalue weighted by Crippen LogP contribution is -2.38. The van der Waals surface area contributed by atoms with Crippen molar-refractivity contribution in [1.29, 1.82) is 0 Å². The molecule has 0 bridgehead atoms. The van der Waals surface area contributed by atoms with Crippen molar-refractivity contribution in [2.75, 3.05) is 6.61 Å². The van der Waals surface area contributed by atoms with Gasteiger partial charge in [-0.15, -0.1) is 0 Å². The Bertz CT molecular complexity index is 973. The molecule has 27 heavy (non-hydrogen) atoms. The van der Waals surface area contributed by atoms with E-state index in [1.165, 1.54) is 0 Å². The van der Waals surface area contributed by atoms with Crippen molar-refractivity contribution in [3.8, 4) is 0 Å². The highest BCUT2D eigenvalue weighted by Gasteiger charge is 2.41. The second kappa shape index (κ2) is 7.27. The summed E-state index contributed by atoms with van der Waals surface area (Å²) in [5, 5.41) is 11.1. The number of imidazole rings is 1. The maximum atomic E-state index is 12.3. The van der Waals surface area contributed by atoms with Gasteiger partial charge in [-0.05, 0) is 25.8 Å². The van der Waals surface area contributed by atoms with Crippen LogP contribution in [0.4, 0.5) is 0 Å². The van der Waals surface area contributed by atoms with E-state index in [0.29, 0.717) is 32.6 Å². The second-order valence-electron chi connectivity index (χ2n) is 7.41. The smallest absolute Gasteiger partial charge is 0.311 e. The van der Waals surface area contributed by atoms with Crippen molar-refractivity contribution in [2.45, 2.75) is 52.2 Å². The van der Waals surface area contributed by atoms with Crippen LogP contribution in [0.15, 0.2) is 30.5 Å². The molecule has 0 radical (unpaired) electrons. The van der Waals surface area contributed by atoms with Crippen molar-refractivity contribution in [2.24, 2.45) is 5.41 Å². The average Bonchev–Trinajstić information content (AvgIpc) is 3.04. The molecule has 1 aromatic carbocycles. The molecule has 1 saturated carbocycles. The van der Waals surface area contributed by atoms with Crippen molar-refractivity contribution in [1.82, 2.24) is 14.5 Å². The van der Waals surface area contributed by atoms with Crippen LogP contribution in [0.25, 0.3) is 21.9 Å². The van der Waals surface area contributed by atoms with Crippen LogP contribution in [0.2, 0.25) is 0 Å². The molecular formula is C21H25N3O3. The first-order chi connectivity index (χ1) is 13.1. The van der Waals surface area contributed by atoms with Crippen molar-refractivity contribution >= 4 is 27.9 Å². The van der Waals surface area contributed by atoms with E-state index in [1.54, 1.807) is 6.20 Å². The summed E-state index contributed by atoms with van der Waals surface area (Å²) >= 11 is 0. The van der Waals surface area contributed by atoms with E-state index < -0.39 is 11.4 Å². The number of carboxylic acids is 1. The van der Waals surface area contributed by atoms with Crippen LogP contribution in [-0.4, -0.2) is 32.2 Å². The summed E-state index contributed by atoms with van der Waals surface area (Å²) in [6.45, 7) is 3.33. The molecule has 142 valence electrons. The van der Waals surface area contributed by atoms with Crippen LogP contribution >= 0.6 is 0 Å². The number of fused-ring (bicyclic) bond motifs is 3. The quantitative estimate of drug-likeness (QED) is 0.708. The Morgan fingerprint density at radius 3 is 2.74 bits per heavy atom. The Balaban J connectivity index is 1.90. The number of carboxylic acid groups (broad SMARTS) is 1. The largest absolute Gasteiger partial charge is 0.481 e. The fourth-order valence-corrected chi connectivity index (χ4v) is 4.25. The average molecular weight is 367 g/mol. The monoisotopic (exact) mass is 367 g/mol. The summed E-state index contributed by atoms with van der Waals surface area (Å²) in [4.78, 5) is 21.5. The number of para-hydroxylation sites is 1. The molecule has 4 rings (SSSR count). The van der Waals surface area contributed by atoms with E-state index in [1.807, 2.05) is 31.2 Å². The van der Waals surface area contributed by atoms with E-state index in [9.17, 15) is 9.90 Å². The number of ether oxygens (including phenoxy) is 1. The standard InChI is InChI=1S/C21H25N3O3/c1-2-27-13-18-23-17-12-22-16-9-5-4-8-15(16)19(17)24(18)14-21(20(25)26)10-6-3-7-11-21/h4-5,8-9,12H,2-3,6-7,10-11,13-14H2,1H3,(H,25,26). The fourth-order valence-electron chi connectivity index (χ4n) is 4.25. The summed E-state index contributed by atoms with van der Waals surface area (Å²) in [5.74, 6) is 0.0703. The molecule has 3 aromatic rings. The predicted octanol–water partition coefficient (Wildman–Crippen LogP) is 4.16. The Hall–Kier alpha value is -2.47. The van der Waals surface area contributed by atoms with Gasteiger partial charge in [0.05, 0.1) is 22.6 Å². The zero-order valence-corrected chi connectivity index (χ0v) is 15.6. The van der Waals surface area contributed by atoms with Gasteiger partial charge in [-0.2, -0.15) is 0 Å². The van der Waals surface area contributed by atoms with Gasteiger partial charge in [0.1, 0.15) is 17.9 Å². The third kappa shape index (κ3) is 3.18. The minimum atomic E-state index is -0.739. The van der Waals surface area contributed by atoms with Crippen LogP contribution in [-0.2, 0) is 22.7 Å². The highest BCUT2D eigenvalue weighted by Crippen LogP contribution is 2.40. The molecule has 1 aliphatic rings. The van der Waals surface area contributed by atoms with Gasteiger partial charge in [0.25, 0.3) is 0 Å². The van der Waals surface area contributed by atoms with Crippen LogP contribution in [0.5, 0.6) is 0 Å². The number of carbonyl (C=O) groups is 1. The number of hydrogen-bond acceptors (Lipinski definition) is 4. The van der Waals surface area contributed by atoms with E-state index >= 15 is 0 Å². The highest BCUT2D eigenvalue weighted by atomic mass is 16.5. The SMILES string of the molecule is CCOCc1nc2cnc3ccccc3c2n1CC1(C(=O)O)CCCCC1. The minimum Gasteiger partial charge on any atom is -0.481 e. The maximum Gasteiger partial charge on any atom is 0.311 e. The maximum absolute atomic E-state index is 12.3. The highest BCUT2D eigenvalue weighted by molar-refractivity contribution is 6.02. The number of nitrogens with zero attached hydrogens (tertiary/aromatic N) is 3. The minimum absolute atomic E-state index is 0.370. The van der Waals surface area contributed by atoms with Crippen molar-refractivity contribution < 1.29 is 14.6 Å². The second-order valence-corrected chi connectivity index (χ2v) is 7.41. The molecule has 1 fully saturated rings. The van der Waals surface area contributed by atoms with Crippen molar-refractivity contribution in [3.05, 3.63) is 36.3 Å². The first-order valence-electron chi connectivity index (χ1n) is 9.68. The lowest BCUT2D eigenvalue weighted by Gasteiger charge is -2.34. The molecular weight excluding hydrogens is 342 g/mol. The third-order valence-corrected chi connectivity index (χ3v) is 5.72. The van der Waals surface area contributed by atoms with Crippen LogP contribution in [0.3, 0.4) is 0 Å². The van der Waals surface area contributed by atoms with Crippen LogP contribution < -0.4 is 0 Å². The Morgan fingerprint density at radius 2 is 2.00 bits per heavy atom. The topological polar surface area (TPSA) is 77.2 Å². The van der Waals surface area contributed by atoms with E-state index in [4.69, 9.17) is 9.72 Å². The predicted molar refractivity (Wildman–Crippen MR) is 104 cm³/mol. The molecule has 0 spiro atoms.